The van der Waals surface area contributed by atoms with Crippen molar-refractivity contribution in [3.8, 4) is 0 Å². The lowest BCUT2D eigenvalue weighted by molar-refractivity contribution is -0.117. The highest BCUT2D eigenvalue weighted by Gasteiger charge is 2.26. The largest absolute Gasteiger partial charge is 0.453 e. The van der Waals surface area contributed by atoms with Crippen molar-refractivity contribution in [3.63, 3.8) is 0 Å². The molecule has 2 heterocycles. The Labute approximate surface area is 278 Å². The highest BCUT2D eigenvalue weighted by molar-refractivity contribution is 7.99. The van der Waals surface area contributed by atoms with Gasteiger partial charge >= 0.3 is 6.09 Å². The van der Waals surface area contributed by atoms with E-state index in [0.29, 0.717) is 42.3 Å². The first kappa shape index (κ1) is 33.6. The summed E-state index contributed by atoms with van der Waals surface area (Å²) in [6.07, 6.45) is 3.84. The van der Waals surface area contributed by atoms with Crippen LogP contribution in [0.25, 0.3) is 0 Å². The van der Waals surface area contributed by atoms with Gasteiger partial charge in [0, 0.05) is 25.1 Å². The molecule has 244 valence electrons. The molecule has 0 bridgehead atoms. The number of benzene rings is 3. The fourth-order valence-electron chi connectivity index (χ4n) is 5.51. The van der Waals surface area contributed by atoms with Crippen LogP contribution in [0.4, 0.5) is 22.0 Å². The van der Waals surface area contributed by atoms with E-state index in [2.05, 4.69) is 32.7 Å². The van der Waals surface area contributed by atoms with Crippen LogP contribution in [0.5, 0.6) is 0 Å². The number of rotatable bonds is 13. The number of thioether (sulfide) groups is 1. The molecule has 4 aromatic rings. The normalized spacial score (nSPS) is 15.9. The minimum absolute atomic E-state index is 0.0457. The highest BCUT2D eigenvalue weighted by atomic mass is 32.2. The summed E-state index contributed by atoms with van der Waals surface area (Å²) in [4.78, 5) is 35.8. The Morgan fingerprint density at radius 1 is 1.02 bits per heavy atom. The average molecular weight is 654 g/mol. The molecule has 12 heteroatoms. The summed E-state index contributed by atoms with van der Waals surface area (Å²) in [7, 11) is 1.27. The lowest BCUT2D eigenvalue weighted by atomic mass is 9.99. The molecule has 2 atom stereocenters. The van der Waals surface area contributed by atoms with Crippen LogP contribution in [0.3, 0.4) is 0 Å². The van der Waals surface area contributed by atoms with Crippen molar-refractivity contribution in [2.24, 2.45) is 0 Å². The van der Waals surface area contributed by atoms with Gasteiger partial charge in [0.15, 0.2) is 0 Å². The summed E-state index contributed by atoms with van der Waals surface area (Å²) in [5, 5.41) is 14.4. The van der Waals surface area contributed by atoms with E-state index in [9.17, 15) is 9.59 Å². The Bertz CT molecular complexity index is 1670. The second-order valence-electron chi connectivity index (χ2n) is 11.0. The van der Waals surface area contributed by atoms with Crippen molar-refractivity contribution < 1.29 is 19.1 Å². The summed E-state index contributed by atoms with van der Waals surface area (Å²) in [6.45, 7) is 1.18. The van der Waals surface area contributed by atoms with E-state index < -0.39 is 6.09 Å². The number of hydrogen-bond acceptors (Lipinski definition) is 10. The van der Waals surface area contributed by atoms with Crippen LogP contribution < -0.4 is 21.3 Å². The predicted molar refractivity (Wildman–Crippen MR) is 185 cm³/mol. The van der Waals surface area contributed by atoms with Gasteiger partial charge in [0.05, 0.1) is 36.3 Å². The number of hydrogen-bond donors (Lipinski definition) is 4. The van der Waals surface area contributed by atoms with Crippen molar-refractivity contribution in [2.45, 2.75) is 36.5 Å². The fourth-order valence-corrected chi connectivity index (χ4v) is 6.49. The maximum atomic E-state index is 13.9. The molecule has 47 heavy (non-hydrogen) atoms. The first-order valence-corrected chi connectivity index (χ1v) is 16.4. The number of amides is 2. The van der Waals surface area contributed by atoms with Crippen LogP contribution in [0.1, 0.15) is 28.7 Å². The topological polar surface area (TPSA) is 156 Å². The summed E-state index contributed by atoms with van der Waals surface area (Å²) in [5.74, 6) is 0.643. The van der Waals surface area contributed by atoms with Crippen LogP contribution >= 0.6 is 11.8 Å². The van der Waals surface area contributed by atoms with Crippen LogP contribution in [-0.2, 0) is 27.1 Å². The Hall–Kier alpha value is -4.78. The number of morpholine rings is 1. The molecule has 1 aromatic heterocycles. The first-order chi connectivity index (χ1) is 23.0. The van der Waals surface area contributed by atoms with Gasteiger partial charge in [-0.1, -0.05) is 66.7 Å². The molecule has 1 aliphatic rings. The van der Waals surface area contributed by atoms with E-state index in [1.165, 1.54) is 31.4 Å². The van der Waals surface area contributed by atoms with Crippen molar-refractivity contribution in [1.82, 2.24) is 20.6 Å². The summed E-state index contributed by atoms with van der Waals surface area (Å²) in [6, 6.07) is 25.8. The van der Waals surface area contributed by atoms with E-state index in [0.717, 1.165) is 34.5 Å². The average Bonchev–Trinajstić information content (AvgIpc) is 3.10. The van der Waals surface area contributed by atoms with Crippen molar-refractivity contribution in [1.29, 1.82) is 5.41 Å². The number of nitrogens with zero attached hydrogens (tertiary/aromatic N) is 3. The van der Waals surface area contributed by atoms with Gasteiger partial charge in [0.1, 0.15) is 23.7 Å². The highest BCUT2D eigenvalue weighted by Crippen LogP contribution is 2.34. The molecule has 2 amide bonds. The lowest BCUT2D eigenvalue weighted by Gasteiger charge is -2.32. The van der Waals surface area contributed by atoms with Gasteiger partial charge in [-0.3, -0.25) is 9.69 Å². The van der Waals surface area contributed by atoms with E-state index in [4.69, 9.17) is 20.6 Å². The molecular weight excluding hydrogens is 614 g/mol. The molecule has 3 aromatic carbocycles. The van der Waals surface area contributed by atoms with Gasteiger partial charge in [0.2, 0.25) is 0 Å². The van der Waals surface area contributed by atoms with Crippen LogP contribution in [0, 0.1) is 5.41 Å². The number of nitrogen functional groups attached to an aromatic ring is 1. The number of nitrogens with two attached hydrogens (primary N) is 1. The lowest BCUT2D eigenvalue weighted by Crippen LogP contribution is -2.46. The van der Waals surface area contributed by atoms with Gasteiger partial charge in [-0.05, 0) is 48.1 Å². The molecule has 0 aliphatic carbocycles. The second-order valence-corrected chi connectivity index (χ2v) is 12.0. The molecule has 5 rings (SSSR count). The van der Waals surface area contributed by atoms with Crippen LogP contribution in [0.15, 0.2) is 90.2 Å². The number of aromatic nitrogens is 2. The minimum atomic E-state index is -0.670. The number of aryl methyl sites for hydroxylation is 1. The maximum Gasteiger partial charge on any atom is 0.407 e. The standard InChI is InChI=1S/C35H39N7O4S/c1-45-35(44)39-21-32(43)42(31-14-8-6-12-26(31)17-24-9-3-2-4-10-24)30-13-7-5-11-25(30)15-16-27-19-38-20-28(46-27)22-47-34-29(18-36)33(37)40-23-41-34/h2-14,18,23,27-28,36,38H,15-17,19-22H2,1H3,(H,39,44)(H2,37,40,41). The smallest absolute Gasteiger partial charge is 0.407 e. The Kier molecular flexibility index (Phi) is 11.9. The number of anilines is 3. The molecule has 11 nitrogen and oxygen atoms in total. The zero-order valence-electron chi connectivity index (χ0n) is 26.2. The molecule has 2 unspecified atom stereocenters. The van der Waals surface area contributed by atoms with Gasteiger partial charge in [-0.2, -0.15) is 0 Å². The van der Waals surface area contributed by atoms with E-state index in [-0.39, 0.29) is 30.5 Å². The summed E-state index contributed by atoms with van der Waals surface area (Å²) < 4.78 is 11.2. The molecule has 1 fully saturated rings. The molecule has 1 saturated heterocycles. The molecule has 5 N–H and O–H groups in total. The SMILES string of the molecule is COC(=O)NCC(=O)N(c1ccccc1CCC1CNCC(CSc2ncnc(N)c2C=N)O1)c1ccccc1Cc1ccccc1. The minimum Gasteiger partial charge on any atom is -0.453 e. The fraction of sp³-hybridized carbons (Fsp3) is 0.286. The third-order valence-corrected chi connectivity index (χ3v) is 8.95. The molecule has 0 saturated carbocycles. The quantitative estimate of drug-likeness (QED) is 0.0909. The number of nitrogens with one attached hydrogen (secondary N) is 3. The number of methoxy groups -OCH3 is 1. The predicted octanol–water partition coefficient (Wildman–Crippen LogP) is 4.75. The number of carbonyl (C=O) groups is 2. The van der Waals surface area contributed by atoms with Gasteiger partial charge in [-0.15, -0.1) is 11.8 Å². The summed E-state index contributed by atoms with van der Waals surface area (Å²) >= 11 is 1.50. The maximum absolute atomic E-state index is 13.9. The second kappa shape index (κ2) is 16.7. The Balaban J connectivity index is 1.34. The zero-order valence-corrected chi connectivity index (χ0v) is 27.0. The van der Waals surface area contributed by atoms with E-state index in [1.807, 2.05) is 66.7 Å². The molecule has 0 spiro atoms. The van der Waals surface area contributed by atoms with Crippen molar-refractivity contribution in [2.75, 3.05) is 43.1 Å². The number of carbonyl (C=O) groups excluding carboxylic acids is 2. The Morgan fingerprint density at radius 2 is 1.70 bits per heavy atom. The van der Waals surface area contributed by atoms with Crippen LogP contribution in [0.2, 0.25) is 0 Å². The van der Waals surface area contributed by atoms with Gasteiger partial charge < -0.3 is 31.3 Å². The number of ether oxygens (including phenoxy) is 2. The Morgan fingerprint density at radius 3 is 2.45 bits per heavy atom. The molecule has 0 radical (unpaired) electrons. The first-order valence-electron chi connectivity index (χ1n) is 15.4. The third kappa shape index (κ3) is 8.94. The molecule has 1 aliphatic heterocycles. The zero-order chi connectivity index (χ0) is 33.0. The van der Waals surface area contributed by atoms with Crippen LogP contribution in [-0.4, -0.2) is 72.9 Å². The third-order valence-electron chi connectivity index (χ3n) is 7.81. The number of alkyl carbamates (subject to hydrolysis) is 1. The van der Waals surface area contributed by atoms with Gasteiger partial charge in [0.25, 0.3) is 5.91 Å². The monoisotopic (exact) mass is 653 g/mol. The summed E-state index contributed by atoms with van der Waals surface area (Å²) in [5.41, 5.74) is 11.0. The number of para-hydroxylation sites is 2. The van der Waals surface area contributed by atoms with E-state index >= 15 is 0 Å². The van der Waals surface area contributed by atoms with Crippen molar-refractivity contribution in [3.05, 3.63) is 107 Å². The van der Waals surface area contributed by atoms with E-state index in [1.54, 1.807) is 4.90 Å². The van der Waals surface area contributed by atoms with Gasteiger partial charge in [-0.25, -0.2) is 14.8 Å². The molecular formula is C35H39N7O4S. The van der Waals surface area contributed by atoms with Crippen molar-refractivity contribution >= 4 is 47.2 Å².